The summed E-state index contributed by atoms with van der Waals surface area (Å²) < 4.78 is 15.4. The van der Waals surface area contributed by atoms with Gasteiger partial charge in [0.1, 0.15) is 11.4 Å². The summed E-state index contributed by atoms with van der Waals surface area (Å²) in [4.78, 5) is 30.2. The molecule has 0 atom stereocenters. The van der Waals surface area contributed by atoms with E-state index in [1.807, 2.05) is 6.07 Å². The Labute approximate surface area is 165 Å². The Kier molecular flexibility index (Phi) is 4.59. The highest BCUT2D eigenvalue weighted by atomic mass is 79.9. The van der Waals surface area contributed by atoms with Crippen LogP contribution in [0.5, 0.6) is 0 Å². The van der Waals surface area contributed by atoms with Gasteiger partial charge in [0, 0.05) is 21.7 Å². The number of carbonyl (C=O) groups excluding carboxylic acids is 1. The second-order valence-electron chi connectivity index (χ2n) is 5.69. The van der Waals surface area contributed by atoms with Crippen molar-refractivity contribution >= 4 is 43.8 Å². The highest BCUT2D eigenvalue weighted by Crippen LogP contribution is 2.24. The van der Waals surface area contributed by atoms with E-state index in [2.05, 4.69) is 26.2 Å². The summed E-state index contributed by atoms with van der Waals surface area (Å²) in [5.41, 5.74) is 1.23. The van der Waals surface area contributed by atoms with Crippen molar-refractivity contribution in [3.8, 4) is 11.3 Å². The topological polar surface area (TPSA) is 63.5 Å². The molecule has 4 rings (SSSR count). The quantitative estimate of drug-likeness (QED) is 0.504. The molecule has 2 aromatic heterocycles. The zero-order valence-electron chi connectivity index (χ0n) is 13.6. The van der Waals surface area contributed by atoms with Gasteiger partial charge in [0.05, 0.1) is 5.69 Å². The standard InChI is InChI=1S/C19H11BrFN3O2S/c20-12-2-1-3-14(8-12)23-17(25)15-9-22-19-24(18(15)26)16(10-27-19)11-4-6-13(21)7-5-11/h1-10H,(H,23,25). The third-order valence-electron chi connectivity index (χ3n) is 3.91. The van der Waals surface area contributed by atoms with E-state index >= 15 is 0 Å². The zero-order chi connectivity index (χ0) is 19.0. The van der Waals surface area contributed by atoms with E-state index in [9.17, 15) is 14.0 Å². The Hall–Kier alpha value is -2.84. The summed E-state index contributed by atoms with van der Waals surface area (Å²) in [5, 5.41) is 4.45. The van der Waals surface area contributed by atoms with Gasteiger partial charge in [-0.15, -0.1) is 11.3 Å². The summed E-state index contributed by atoms with van der Waals surface area (Å²) in [6.07, 6.45) is 1.27. The minimum absolute atomic E-state index is 0.0748. The predicted molar refractivity (Wildman–Crippen MR) is 107 cm³/mol. The van der Waals surface area contributed by atoms with Gasteiger partial charge in [-0.05, 0) is 48.0 Å². The van der Waals surface area contributed by atoms with Gasteiger partial charge in [0.15, 0.2) is 4.96 Å². The minimum Gasteiger partial charge on any atom is -0.322 e. The average Bonchev–Trinajstić information content (AvgIpc) is 3.07. The van der Waals surface area contributed by atoms with Crippen LogP contribution in [-0.4, -0.2) is 15.3 Å². The van der Waals surface area contributed by atoms with Crippen LogP contribution in [0, 0.1) is 5.82 Å². The van der Waals surface area contributed by atoms with Crippen molar-refractivity contribution in [2.75, 3.05) is 5.32 Å². The monoisotopic (exact) mass is 443 g/mol. The fourth-order valence-corrected chi connectivity index (χ4v) is 3.89. The molecule has 2 aromatic carbocycles. The molecule has 0 aliphatic rings. The van der Waals surface area contributed by atoms with Crippen LogP contribution in [0.4, 0.5) is 10.1 Å². The lowest BCUT2D eigenvalue weighted by Gasteiger charge is -2.06. The van der Waals surface area contributed by atoms with E-state index in [-0.39, 0.29) is 11.4 Å². The summed E-state index contributed by atoms with van der Waals surface area (Å²) in [7, 11) is 0. The van der Waals surface area contributed by atoms with Crippen LogP contribution >= 0.6 is 27.3 Å². The van der Waals surface area contributed by atoms with Crippen LogP contribution in [0.2, 0.25) is 0 Å². The maximum Gasteiger partial charge on any atom is 0.271 e. The highest BCUT2D eigenvalue weighted by molar-refractivity contribution is 9.10. The molecule has 0 unspecified atom stereocenters. The molecule has 0 aliphatic heterocycles. The molecule has 0 bridgehead atoms. The van der Waals surface area contributed by atoms with Crippen LogP contribution < -0.4 is 10.9 Å². The molecule has 0 fully saturated rings. The summed E-state index contributed by atoms with van der Waals surface area (Å²) in [5.74, 6) is -0.908. The van der Waals surface area contributed by atoms with Crippen molar-refractivity contribution in [2.24, 2.45) is 0 Å². The molecule has 0 spiro atoms. The van der Waals surface area contributed by atoms with Crippen LogP contribution in [0.1, 0.15) is 10.4 Å². The van der Waals surface area contributed by atoms with Crippen molar-refractivity contribution in [1.29, 1.82) is 0 Å². The lowest BCUT2D eigenvalue weighted by molar-refractivity contribution is 0.102. The largest absolute Gasteiger partial charge is 0.322 e. The summed E-state index contributed by atoms with van der Waals surface area (Å²) in [6.45, 7) is 0. The number of fused-ring (bicyclic) bond motifs is 1. The maximum atomic E-state index is 13.2. The number of nitrogens with zero attached hydrogens (tertiary/aromatic N) is 2. The van der Waals surface area contributed by atoms with E-state index in [0.717, 1.165) is 4.47 Å². The van der Waals surface area contributed by atoms with Gasteiger partial charge in [0.2, 0.25) is 0 Å². The first-order valence-corrected chi connectivity index (χ1v) is 9.52. The SMILES string of the molecule is O=C(Nc1cccc(Br)c1)c1cnc2scc(-c3ccc(F)cc3)n2c1=O. The predicted octanol–water partition coefficient (Wildman–Crippen LogP) is 4.58. The molecule has 2 heterocycles. The second kappa shape index (κ2) is 7.05. The Morgan fingerprint density at radius 2 is 1.96 bits per heavy atom. The Bertz CT molecular complexity index is 1220. The number of carbonyl (C=O) groups is 1. The normalized spacial score (nSPS) is 10.9. The van der Waals surface area contributed by atoms with Crippen molar-refractivity contribution < 1.29 is 9.18 Å². The molecule has 5 nitrogen and oxygen atoms in total. The summed E-state index contributed by atoms with van der Waals surface area (Å²) >= 11 is 4.61. The number of anilines is 1. The van der Waals surface area contributed by atoms with E-state index in [0.29, 0.717) is 21.9 Å². The van der Waals surface area contributed by atoms with Gasteiger partial charge >= 0.3 is 0 Å². The molecule has 0 saturated carbocycles. The van der Waals surface area contributed by atoms with Crippen LogP contribution in [0.15, 0.2) is 69.4 Å². The van der Waals surface area contributed by atoms with Gasteiger partial charge in [-0.25, -0.2) is 9.37 Å². The molecule has 4 aromatic rings. The third-order valence-corrected chi connectivity index (χ3v) is 5.25. The Morgan fingerprint density at radius 1 is 1.19 bits per heavy atom. The highest BCUT2D eigenvalue weighted by Gasteiger charge is 2.17. The minimum atomic E-state index is -0.545. The fraction of sp³-hybridized carbons (Fsp3) is 0. The van der Waals surface area contributed by atoms with Crippen LogP contribution in [-0.2, 0) is 0 Å². The van der Waals surface area contributed by atoms with Crippen molar-refractivity contribution in [2.45, 2.75) is 0 Å². The van der Waals surface area contributed by atoms with Crippen molar-refractivity contribution in [1.82, 2.24) is 9.38 Å². The molecule has 8 heteroatoms. The van der Waals surface area contributed by atoms with Gasteiger partial charge in [0.25, 0.3) is 11.5 Å². The lowest BCUT2D eigenvalue weighted by Crippen LogP contribution is -2.26. The third kappa shape index (κ3) is 3.41. The molecule has 1 amide bonds. The molecule has 134 valence electrons. The molecular weight excluding hydrogens is 433 g/mol. The van der Waals surface area contributed by atoms with E-state index in [4.69, 9.17) is 0 Å². The Balaban J connectivity index is 1.77. The number of aromatic nitrogens is 2. The number of benzene rings is 2. The number of rotatable bonds is 3. The van der Waals surface area contributed by atoms with Gasteiger partial charge < -0.3 is 5.32 Å². The zero-order valence-corrected chi connectivity index (χ0v) is 16.1. The molecule has 0 aliphatic carbocycles. The van der Waals surface area contributed by atoms with Crippen LogP contribution in [0.3, 0.4) is 0 Å². The molecular formula is C19H11BrFN3O2S. The van der Waals surface area contributed by atoms with Crippen LogP contribution in [0.25, 0.3) is 16.2 Å². The number of nitrogens with one attached hydrogen (secondary N) is 1. The van der Waals surface area contributed by atoms with Gasteiger partial charge in [-0.1, -0.05) is 22.0 Å². The lowest BCUT2D eigenvalue weighted by atomic mass is 10.1. The maximum absolute atomic E-state index is 13.2. The number of amides is 1. The van der Waals surface area contributed by atoms with Gasteiger partial charge in [-0.3, -0.25) is 14.0 Å². The van der Waals surface area contributed by atoms with Crippen molar-refractivity contribution in [3.05, 3.63) is 86.3 Å². The Morgan fingerprint density at radius 3 is 2.70 bits per heavy atom. The van der Waals surface area contributed by atoms with E-state index in [1.165, 1.54) is 34.1 Å². The first kappa shape index (κ1) is 17.6. The summed E-state index contributed by atoms with van der Waals surface area (Å²) in [6, 6.07) is 12.9. The second-order valence-corrected chi connectivity index (χ2v) is 7.44. The number of halogens is 2. The van der Waals surface area contributed by atoms with Crippen molar-refractivity contribution in [3.63, 3.8) is 0 Å². The number of hydrogen-bond donors (Lipinski definition) is 1. The molecule has 0 saturated heterocycles. The average molecular weight is 444 g/mol. The van der Waals surface area contributed by atoms with E-state index in [1.54, 1.807) is 35.7 Å². The number of thiazole rings is 1. The molecule has 0 radical (unpaired) electrons. The molecule has 27 heavy (non-hydrogen) atoms. The fourth-order valence-electron chi connectivity index (χ4n) is 2.64. The van der Waals surface area contributed by atoms with E-state index < -0.39 is 11.5 Å². The first-order valence-electron chi connectivity index (χ1n) is 7.85. The number of hydrogen-bond acceptors (Lipinski definition) is 4. The molecule has 1 N–H and O–H groups in total. The first-order chi connectivity index (χ1) is 13.0. The smallest absolute Gasteiger partial charge is 0.271 e. The van der Waals surface area contributed by atoms with Gasteiger partial charge in [-0.2, -0.15) is 0 Å².